The third-order valence-corrected chi connectivity index (χ3v) is 4.61. The van der Waals surface area contributed by atoms with Crippen LogP contribution in [0.2, 0.25) is 5.02 Å². The molecule has 3 aromatic rings. The average molecular weight is 396 g/mol. The summed E-state index contributed by atoms with van der Waals surface area (Å²) in [6.45, 7) is 2.27. The number of ether oxygens (including phenoxy) is 2. The molecule has 0 fully saturated rings. The molecule has 28 heavy (non-hydrogen) atoms. The Morgan fingerprint density at radius 1 is 1.00 bits per heavy atom. The first-order valence-corrected chi connectivity index (χ1v) is 9.36. The first-order chi connectivity index (χ1) is 13.6. The van der Waals surface area contributed by atoms with Crippen LogP contribution >= 0.6 is 11.6 Å². The van der Waals surface area contributed by atoms with E-state index in [1.165, 1.54) is 0 Å². The molecule has 144 valence electrons. The molecule has 0 aliphatic heterocycles. The van der Waals surface area contributed by atoms with E-state index >= 15 is 0 Å². The van der Waals surface area contributed by atoms with E-state index in [2.05, 4.69) is 5.32 Å². The number of hydrogen-bond acceptors (Lipinski definition) is 3. The molecule has 4 nitrogen and oxygen atoms in total. The van der Waals surface area contributed by atoms with Gasteiger partial charge < -0.3 is 14.8 Å². The highest BCUT2D eigenvalue weighted by Gasteiger charge is 2.18. The van der Waals surface area contributed by atoms with Gasteiger partial charge in [0.2, 0.25) is 0 Å². The second-order valence-corrected chi connectivity index (χ2v) is 6.79. The summed E-state index contributed by atoms with van der Waals surface area (Å²) in [5, 5.41) is 3.47. The summed E-state index contributed by atoms with van der Waals surface area (Å²) >= 11 is 6.12. The van der Waals surface area contributed by atoms with Crippen molar-refractivity contribution >= 4 is 17.5 Å². The van der Waals surface area contributed by atoms with Gasteiger partial charge in [0.1, 0.15) is 18.1 Å². The molecule has 5 heteroatoms. The van der Waals surface area contributed by atoms with Crippen LogP contribution in [0, 0.1) is 0 Å². The lowest BCUT2D eigenvalue weighted by Gasteiger charge is -2.18. The SMILES string of the molecule is COc1ccccc1C(C)NC(=O)c1cc(Cl)ccc1OCc1ccccc1. The topological polar surface area (TPSA) is 47.6 Å². The molecule has 1 atom stereocenters. The van der Waals surface area contributed by atoms with Crippen LogP contribution in [0.4, 0.5) is 0 Å². The fourth-order valence-electron chi connectivity index (χ4n) is 2.92. The van der Waals surface area contributed by atoms with Crippen LogP contribution < -0.4 is 14.8 Å². The van der Waals surface area contributed by atoms with Gasteiger partial charge in [0, 0.05) is 10.6 Å². The van der Waals surface area contributed by atoms with E-state index in [-0.39, 0.29) is 11.9 Å². The number of nitrogens with one attached hydrogen (secondary N) is 1. The largest absolute Gasteiger partial charge is 0.496 e. The highest BCUT2D eigenvalue weighted by molar-refractivity contribution is 6.31. The van der Waals surface area contributed by atoms with E-state index in [1.54, 1.807) is 25.3 Å². The summed E-state index contributed by atoms with van der Waals surface area (Å²) in [5.41, 5.74) is 2.31. The van der Waals surface area contributed by atoms with Crippen LogP contribution in [-0.2, 0) is 6.61 Å². The minimum absolute atomic E-state index is 0.246. The van der Waals surface area contributed by atoms with Crippen molar-refractivity contribution in [2.24, 2.45) is 0 Å². The minimum Gasteiger partial charge on any atom is -0.496 e. The zero-order valence-electron chi connectivity index (χ0n) is 15.8. The molecule has 0 spiro atoms. The van der Waals surface area contributed by atoms with E-state index in [9.17, 15) is 4.79 Å². The van der Waals surface area contributed by atoms with Gasteiger partial charge in [-0.2, -0.15) is 0 Å². The molecule has 3 aromatic carbocycles. The Balaban J connectivity index is 1.78. The van der Waals surface area contributed by atoms with Gasteiger partial charge in [-0.05, 0) is 36.8 Å². The van der Waals surface area contributed by atoms with Crippen LogP contribution in [0.3, 0.4) is 0 Å². The highest BCUT2D eigenvalue weighted by Crippen LogP contribution is 2.27. The summed E-state index contributed by atoms with van der Waals surface area (Å²) in [4.78, 5) is 12.9. The van der Waals surface area contributed by atoms with Crippen molar-refractivity contribution in [1.82, 2.24) is 5.32 Å². The summed E-state index contributed by atoms with van der Waals surface area (Å²) in [5.74, 6) is 0.948. The highest BCUT2D eigenvalue weighted by atomic mass is 35.5. The van der Waals surface area contributed by atoms with Crippen molar-refractivity contribution in [1.29, 1.82) is 0 Å². The second-order valence-electron chi connectivity index (χ2n) is 6.35. The van der Waals surface area contributed by atoms with E-state index in [0.29, 0.717) is 22.9 Å². The Hall–Kier alpha value is -2.98. The Bertz CT molecular complexity index is 944. The number of amides is 1. The number of rotatable bonds is 7. The summed E-state index contributed by atoms with van der Waals surface area (Å²) in [6, 6.07) is 22.2. The third kappa shape index (κ3) is 4.84. The van der Waals surface area contributed by atoms with Crippen LogP contribution in [0.5, 0.6) is 11.5 Å². The van der Waals surface area contributed by atoms with E-state index in [4.69, 9.17) is 21.1 Å². The van der Waals surface area contributed by atoms with Crippen LogP contribution in [0.15, 0.2) is 72.8 Å². The van der Waals surface area contributed by atoms with Gasteiger partial charge in [0.25, 0.3) is 5.91 Å². The maximum Gasteiger partial charge on any atom is 0.255 e. The molecule has 0 aliphatic rings. The van der Waals surface area contributed by atoms with E-state index in [0.717, 1.165) is 16.9 Å². The first-order valence-electron chi connectivity index (χ1n) is 8.98. The monoisotopic (exact) mass is 395 g/mol. The van der Waals surface area contributed by atoms with E-state index in [1.807, 2.05) is 61.5 Å². The lowest BCUT2D eigenvalue weighted by Crippen LogP contribution is -2.27. The normalized spacial score (nSPS) is 11.5. The Morgan fingerprint density at radius 3 is 2.46 bits per heavy atom. The van der Waals surface area contributed by atoms with Gasteiger partial charge in [0.05, 0.1) is 18.7 Å². The van der Waals surface area contributed by atoms with Crippen LogP contribution in [0.25, 0.3) is 0 Å². The predicted octanol–water partition coefficient (Wildman–Crippen LogP) is 5.42. The fraction of sp³-hybridized carbons (Fsp3) is 0.174. The quantitative estimate of drug-likeness (QED) is 0.581. The van der Waals surface area contributed by atoms with Crippen LogP contribution in [-0.4, -0.2) is 13.0 Å². The molecular formula is C23H22ClNO3. The Morgan fingerprint density at radius 2 is 1.71 bits per heavy atom. The first kappa shape index (κ1) is 19.8. The molecule has 1 N–H and O–H groups in total. The third-order valence-electron chi connectivity index (χ3n) is 4.38. The summed E-state index contributed by atoms with van der Waals surface area (Å²) < 4.78 is 11.3. The van der Waals surface area contributed by atoms with Crippen LogP contribution in [0.1, 0.15) is 34.5 Å². The van der Waals surface area contributed by atoms with Crippen molar-refractivity contribution in [3.8, 4) is 11.5 Å². The van der Waals surface area contributed by atoms with Gasteiger partial charge in [0.15, 0.2) is 0 Å². The zero-order chi connectivity index (χ0) is 19.9. The Kier molecular flexibility index (Phi) is 6.56. The standard InChI is InChI=1S/C23H22ClNO3/c1-16(19-10-6-7-11-21(19)27-2)25-23(26)20-14-18(24)12-13-22(20)28-15-17-8-4-3-5-9-17/h3-14,16H,15H2,1-2H3,(H,25,26). The number of benzene rings is 3. The van der Waals surface area contributed by atoms with Crippen molar-refractivity contribution in [3.63, 3.8) is 0 Å². The minimum atomic E-state index is -0.260. The molecule has 0 radical (unpaired) electrons. The fourth-order valence-corrected chi connectivity index (χ4v) is 3.09. The molecule has 3 rings (SSSR count). The molecule has 1 amide bonds. The maximum atomic E-state index is 12.9. The summed E-state index contributed by atoms with van der Waals surface area (Å²) in [6.07, 6.45) is 0. The van der Waals surface area contributed by atoms with Gasteiger partial charge in [-0.25, -0.2) is 0 Å². The molecular weight excluding hydrogens is 374 g/mol. The lowest BCUT2D eigenvalue weighted by atomic mass is 10.1. The molecule has 0 bridgehead atoms. The average Bonchev–Trinajstić information content (AvgIpc) is 2.73. The number of halogens is 1. The van der Waals surface area contributed by atoms with Crippen molar-refractivity contribution in [2.45, 2.75) is 19.6 Å². The zero-order valence-corrected chi connectivity index (χ0v) is 16.6. The van der Waals surface area contributed by atoms with E-state index < -0.39 is 0 Å². The predicted molar refractivity (Wildman–Crippen MR) is 111 cm³/mol. The molecule has 0 aromatic heterocycles. The Labute approximate surface area is 170 Å². The number of carbonyl (C=O) groups is 1. The molecule has 0 heterocycles. The van der Waals surface area contributed by atoms with Gasteiger partial charge in [-0.15, -0.1) is 0 Å². The van der Waals surface area contributed by atoms with Crippen molar-refractivity contribution < 1.29 is 14.3 Å². The maximum absolute atomic E-state index is 12.9. The van der Waals surface area contributed by atoms with Crippen molar-refractivity contribution in [3.05, 3.63) is 94.5 Å². The van der Waals surface area contributed by atoms with Gasteiger partial charge in [-0.1, -0.05) is 60.1 Å². The number of hydrogen-bond donors (Lipinski definition) is 1. The smallest absolute Gasteiger partial charge is 0.255 e. The second kappa shape index (κ2) is 9.29. The van der Waals surface area contributed by atoms with Gasteiger partial charge in [-0.3, -0.25) is 4.79 Å². The molecule has 0 saturated carbocycles. The number of para-hydroxylation sites is 1. The summed E-state index contributed by atoms with van der Waals surface area (Å²) in [7, 11) is 1.61. The van der Waals surface area contributed by atoms with Gasteiger partial charge >= 0.3 is 0 Å². The lowest BCUT2D eigenvalue weighted by molar-refractivity contribution is 0.0935. The molecule has 0 aliphatic carbocycles. The number of carbonyl (C=O) groups excluding carboxylic acids is 1. The van der Waals surface area contributed by atoms with Crippen molar-refractivity contribution in [2.75, 3.05) is 7.11 Å². The number of methoxy groups -OCH3 is 1. The molecule has 0 saturated heterocycles. The molecule has 1 unspecified atom stereocenters.